The molecule has 11 nitrogen and oxygen atoms in total. The van der Waals surface area contributed by atoms with Gasteiger partial charge in [-0.15, -0.1) is 0 Å². The number of likely N-dealkylation sites (tertiary alicyclic amines) is 1. The second-order valence-corrected chi connectivity index (χ2v) is 10.9. The fraction of sp³-hybridized carbons (Fsp3) is 0.750. The number of hydrogen-bond acceptors (Lipinski definition) is 7. The van der Waals surface area contributed by atoms with Crippen molar-refractivity contribution in [1.29, 1.82) is 0 Å². The summed E-state index contributed by atoms with van der Waals surface area (Å²) < 4.78 is 33.0. The van der Waals surface area contributed by atoms with E-state index in [-0.39, 0.29) is 38.1 Å². The average molecular weight is 472 g/mol. The number of sulfonamides is 1. The standard InChI is InChI=1S/C20H33N5O6S/c1-15-18(16(2)31-22-15)4-3-17-5-9-24(10-6-17)32(29,30)13-20(25(28)14-26)7-11-23(12-8-20)19(21)27/h14,17,28H,3-13H2,1-2H3,(H2,21,27). The van der Waals surface area contributed by atoms with Gasteiger partial charge in [0.1, 0.15) is 5.76 Å². The fourth-order valence-electron chi connectivity index (χ4n) is 4.81. The Morgan fingerprint density at radius 3 is 2.41 bits per heavy atom. The molecular weight excluding hydrogens is 438 g/mol. The number of primary amides is 1. The van der Waals surface area contributed by atoms with Crippen molar-refractivity contribution in [2.45, 2.75) is 57.9 Å². The van der Waals surface area contributed by atoms with E-state index in [1.807, 2.05) is 13.8 Å². The first kappa shape index (κ1) is 24.5. The summed E-state index contributed by atoms with van der Waals surface area (Å²) in [5.41, 5.74) is 6.06. The molecule has 1 aromatic rings. The van der Waals surface area contributed by atoms with Crippen LogP contribution in [0.4, 0.5) is 4.79 Å². The molecule has 3 N–H and O–H groups in total. The van der Waals surface area contributed by atoms with Crippen LogP contribution in [0.5, 0.6) is 0 Å². The summed E-state index contributed by atoms with van der Waals surface area (Å²) in [5.74, 6) is 0.858. The van der Waals surface area contributed by atoms with E-state index in [9.17, 15) is 23.2 Å². The van der Waals surface area contributed by atoms with Crippen LogP contribution in [-0.4, -0.2) is 83.0 Å². The third-order valence-corrected chi connectivity index (χ3v) is 9.05. The largest absolute Gasteiger partial charge is 0.361 e. The number of carbonyl (C=O) groups is 2. The highest BCUT2D eigenvalue weighted by Crippen LogP contribution is 2.32. The van der Waals surface area contributed by atoms with Crippen molar-refractivity contribution in [3.63, 3.8) is 0 Å². The lowest BCUT2D eigenvalue weighted by Gasteiger charge is -2.44. The Bertz CT molecular complexity index is 897. The molecule has 0 atom stereocenters. The van der Waals surface area contributed by atoms with Gasteiger partial charge < -0.3 is 15.2 Å². The molecule has 2 saturated heterocycles. The predicted molar refractivity (Wildman–Crippen MR) is 115 cm³/mol. The summed E-state index contributed by atoms with van der Waals surface area (Å²) in [6.07, 6.45) is 3.81. The van der Waals surface area contributed by atoms with Crippen LogP contribution in [-0.2, 0) is 21.2 Å². The lowest BCUT2D eigenvalue weighted by atomic mass is 9.89. The molecule has 1 aromatic heterocycles. The minimum atomic E-state index is -3.72. The molecule has 0 aromatic carbocycles. The van der Waals surface area contributed by atoms with E-state index in [4.69, 9.17) is 10.3 Å². The number of nitrogens with two attached hydrogens (primary N) is 1. The van der Waals surface area contributed by atoms with E-state index >= 15 is 0 Å². The predicted octanol–water partition coefficient (Wildman–Crippen LogP) is 1.03. The fourth-order valence-corrected chi connectivity index (χ4v) is 6.86. The number of aromatic nitrogens is 1. The number of amides is 3. The highest BCUT2D eigenvalue weighted by molar-refractivity contribution is 7.89. The summed E-state index contributed by atoms with van der Waals surface area (Å²) in [7, 11) is -3.72. The third kappa shape index (κ3) is 5.24. The molecule has 180 valence electrons. The quantitative estimate of drug-likeness (QED) is 0.326. The zero-order valence-electron chi connectivity index (χ0n) is 18.7. The highest BCUT2D eigenvalue weighted by Gasteiger charge is 2.45. The molecule has 12 heteroatoms. The maximum atomic E-state index is 13.2. The summed E-state index contributed by atoms with van der Waals surface area (Å²) in [5, 5.41) is 14.6. The normalized spacial score (nSPS) is 20.3. The van der Waals surface area contributed by atoms with Crippen LogP contribution in [0.2, 0.25) is 0 Å². The van der Waals surface area contributed by atoms with Crippen LogP contribution in [0, 0.1) is 19.8 Å². The molecule has 2 fully saturated rings. The molecule has 3 heterocycles. The molecule has 2 aliphatic rings. The molecular formula is C20H33N5O6S. The molecule has 3 rings (SSSR count). The van der Waals surface area contributed by atoms with Crippen molar-refractivity contribution in [1.82, 2.24) is 19.4 Å². The summed E-state index contributed by atoms with van der Waals surface area (Å²) in [6, 6.07) is -0.601. The Hall–Kier alpha value is -2.18. The van der Waals surface area contributed by atoms with Crippen molar-refractivity contribution in [2.24, 2.45) is 11.7 Å². The minimum Gasteiger partial charge on any atom is -0.361 e. The monoisotopic (exact) mass is 471 g/mol. The molecule has 0 bridgehead atoms. The lowest BCUT2D eigenvalue weighted by Crippen LogP contribution is -2.60. The van der Waals surface area contributed by atoms with Gasteiger partial charge in [0.15, 0.2) is 0 Å². The number of hydrogen-bond donors (Lipinski definition) is 2. The smallest absolute Gasteiger partial charge is 0.314 e. The molecule has 0 unspecified atom stereocenters. The van der Waals surface area contributed by atoms with Crippen molar-refractivity contribution in [3.05, 3.63) is 17.0 Å². The van der Waals surface area contributed by atoms with Crippen molar-refractivity contribution in [3.8, 4) is 0 Å². The molecule has 0 spiro atoms. The van der Waals surface area contributed by atoms with Gasteiger partial charge in [0.05, 0.1) is 17.0 Å². The van der Waals surface area contributed by atoms with E-state index in [1.165, 1.54) is 9.21 Å². The van der Waals surface area contributed by atoms with E-state index in [0.29, 0.717) is 24.1 Å². The Balaban J connectivity index is 1.59. The topological polar surface area (TPSA) is 150 Å². The van der Waals surface area contributed by atoms with Crippen LogP contribution in [0.3, 0.4) is 0 Å². The number of aryl methyl sites for hydroxylation is 2. The van der Waals surface area contributed by atoms with Gasteiger partial charge in [-0.05, 0) is 58.3 Å². The van der Waals surface area contributed by atoms with Gasteiger partial charge >= 0.3 is 6.03 Å². The van der Waals surface area contributed by atoms with Gasteiger partial charge in [0, 0.05) is 31.7 Å². The molecule has 0 radical (unpaired) electrons. The van der Waals surface area contributed by atoms with Crippen LogP contribution >= 0.6 is 0 Å². The number of urea groups is 1. The van der Waals surface area contributed by atoms with Crippen LogP contribution < -0.4 is 5.73 Å². The second kappa shape index (κ2) is 9.75. The summed E-state index contributed by atoms with van der Waals surface area (Å²) in [6.45, 7) is 5.00. The van der Waals surface area contributed by atoms with Crippen molar-refractivity contribution in [2.75, 3.05) is 31.9 Å². The molecule has 3 amide bonds. The summed E-state index contributed by atoms with van der Waals surface area (Å²) in [4.78, 5) is 24.1. The number of hydroxylamine groups is 2. The first-order valence-electron chi connectivity index (χ1n) is 11.0. The van der Waals surface area contributed by atoms with Gasteiger partial charge in [-0.25, -0.2) is 22.6 Å². The van der Waals surface area contributed by atoms with Crippen LogP contribution in [0.15, 0.2) is 4.52 Å². The number of carbonyl (C=O) groups excluding carboxylic acids is 2. The highest BCUT2D eigenvalue weighted by atomic mass is 32.2. The van der Waals surface area contributed by atoms with Crippen LogP contribution in [0.1, 0.15) is 49.1 Å². The third-order valence-electron chi connectivity index (χ3n) is 6.99. The maximum absolute atomic E-state index is 13.2. The molecule has 32 heavy (non-hydrogen) atoms. The first-order chi connectivity index (χ1) is 15.1. The van der Waals surface area contributed by atoms with Gasteiger partial charge in [0.2, 0.25) is 16.4 Å². The Labute approximate surface area is 188 Å². The zero-order valence-corrected chi connectivity index (χ0v) is 19.5. The van der Waals surface area contributed by atoms with Crippen LogP contribution in [0.25, 0.3) is 0 Å². The van der Waals surface area contributed by atoms with Gasteiger partial charge in [0.25, 0.3) is 0 Å². The molecule has 0 aliphatic carbocycles. The Morgan fingerprint density at radius 1 is 1.28 bits per heavy atom. The van der Waals surface area contributed by atoms with Gasteiger partial charge in [-0.3, -0.25) is 10.0 Å². The van der Waals surface area contributed by atoms with E-state index < -0.39 is 21.6 Å². The summed E-state index contributed by atoms with van der Waals surface area (Å²) >= 11 is 0. The van der Waals surface area contributed by atoms with Gasteiger partial charge in [-0.2, -0.15) is 0 Å². The SMILES string of the molecule is Cc1noc(C)c1CCC1CCN(S(=O)(=O)CC2(N(O)C=O)CCN(C(N)=O)CC2)CC1. The Kier molecular flexibility index (Phi) is 7.46. The van der Waals surface area contributed by atoms with E-state index in [1.54, 1.807) is 0 Å². The van der Waals surface area contributed by atoms with Gasteiger partial charge in [-0.1, -0.05) is 5.16 Å². The van der Waals surface area contributed by atoms with E-state index in [0.717, 1.165) is 42.7 Å². The number of rotatable bonds is 8. The second-order valence-electron chi connectivity index (χ2n) is 8.94. The maximum Gasteiger partial charge on any atom is 0.314 e. The number of piperidine rings is 2. The molecule has 2 aliphatic heterocycles. The minimum absolute atomic E-state index is 0.137. The first-order valence-corrected chi connectivity index (χ1v) is 12.6. The zero-order chi connectivity index (χ0) is 23.5. The van der Waals surface area contributed by atoms with Crippen molar-refractivity contribution >= 4 is 22.5 Å². The lowest BCUT2D eigenvalue weighted by molar-refractivity contribution is -0.182. The molecule has 0 saturated carbocycles. The number of nitrogens with zero attached hydrogens (tertiary/aromatic N) is 4. The van der Waals surface area contributed by atoms with Crippen molar-refractivity contribution < 1.29 is 27.7 Å². The average Bonchev–Trinajstić information content (AvgIpc) is 3.09. The van der Waals surface area contributed by atoms with E-state index in [2.05, 4.69) is 5.16 Å². The Morgan fingerprint density at radius 2 is 1.91 bits per heavy atom.